The molecule has 1 saturated heterocycles. The normalized spacial score (nSPS) is 18.8. The van der Waals surface area contributed by atoms with Gasteiger partial charge in [0.05, 0.1) is 5.69 Å². The highest BCUT2D eigenvalue weighted by atomic mass is 35.5. The van der Waals surface area contributed by atoms with Gasteiger partial charge in [0.25, 0.3) is 0 Å². The number of fused-ring (bicyclic) bond motifs is 1. The third-order valence-corrected chi connectivity index (χ3v) is 4.22. The number of nitrogens with one attached hydrogen (secondary N) is 1. The van der Waals surface area contributed by atoms with Crippen molar-refractivity contribution in [2.75, 3.05) is 31.5 Å². The standard InChI is InChI=1S/C14H21ClN4/c15-14-17-12-6-3-5-11(12)13(18-14)16-7-4-10-19-8-1-2-9-19/h1-10H2,(H,16,17,18). The summed E-state index contributed by atoms with van der Waals surface area (Å²) in [6.45, 7) is 4.70. The van der Waals surface area contributed by atoms with Gasteiger partial charge in [-0.05, 0) is 69.8 Å². The Morgan fingerprint density at radius 3 is 2.79 bits per heavy atom. The molecule has 1 aromatic rings. The highest BCUT2D eigenvalue weighted by molar-refractivity contribution is 6.28. The van der Waals surface area contributed by atoms with Crippen molar-refractivity contribution in [3.05, 3.63) is 16.5 Å². The van der Waals surface area contributed by atoms with Crippen molar-refractivity contribution in [3.8, 4) is 0 Å². The maximum absolute atomic E-state index is 5.97. The largest absolute Gasteiger partial charge is 0.370 e. The van der Waals surface area contributed by atoms with Crippen molar-refractivity contribution in [1.29, 1.82) is 0 Å². The van der Waals surface area contributed by atoms with Crippen molar-refractivity contribution < 1.29 is 0 Å². The number of nitrogens with zero attached hydrogens (tertiary/aromatic N) is 3. The van der Waals surface area contributed by atoms with Gasteiger partial charge in [-0.3, -0.25) is 0 Å². The first-order chi connectivity index (χ1) is 9.33. The van der Waals surface area contributed by atoms with Crippen LogP contribution in [0.1, 0.15) is 36.9 Å². The van der Waals surface area contributed by atoms with E-state index in [0.29, 0.717) is 5.28 Å². The number of aryl methyl sites for hydroxylation is 1. The Morgan fingerprint density at radius 2 is 1.95 bits per heavy atom. The van der Waals surface area contributed by atoms with Crippen LogP contribution < -0.4 is 5.32 Å². The van der Waals surface area contributed by atoms with Gasteiger partial charge in [0.2, 0.25) is 5.28 Å². The first-order valence-corrected chi connectivity index (χ1v) is 7.72. The molecule has 3 rings (SSSR count). The summed E-state index contributed by atoms with van der Waals surface area (Å²) in [5.74, 6) is 0.967. The van der Waals surface area contributed by atoms with E-state index >= 15 is 0 Å². The lowest BCUT2D eigenvalue weighted by atomic mass is 10.2. The molecule has 0 bridgehead atoms. The average molecular weight is 281 g/mol. The molecule has 1 aromatic heterocycles. The molecule has 1 fully saturated rings. The molecule has 0 unspecified atom stereocenters. The van der Waals surface area contributed by atoms with E-state index in [1.807, 2.05) is 0 Å². The molecule has 1 aliphatic heterocycles. The van der Waals surface area contributed by atoms with Gasteiger partial charge in [0.15, 0.2) is 0 Å². The lowest BCUT2D eigenvalue weighted by Gasteiger charge is -2.15. The van der Waals surface area contributed by atoms with E-state index in [0.717, 1.165) is 37.3 Å². The van der Waals surface area contributed by atoms with Crippen LogP contribution in [-0.2, 0) is 12.8 Å². The zero-order valence-electron chi connectivity index (χ0n) is 11.3. The second kappa shape index (κ2) is 6.06. The van der Waals surface area contributed by atoms with Gasteiger partial charge < -0.3 is 10.2 Å². The Morgan fingerprint density at radius 1 is 1.11 bits per heavy atom. The molecular weight excluding hydrogens is 260 g/mol. The van der Waals surface area contributed by atoms with E-state index in [-0.39, 0.29) is 0 Å². The van der Waals surface area contributed by atoms with Gasteiger partial charge in [0.1, 0.15) is 5.82 Å². The summed E-state index contributed by atoms with van der Waals surface area (Å²) < 4.78 is 0. The van der Waals surface area contributed by atoms with Crippen molar-refractivity contribution in [2.24, 2.45) is 0 Å². The maximum atomic E-state index is 5.97. The fraction of sp³-hybridized carbons (Fsp3) is 0.714. The van der Waals surface area contributed by atoms with Gasteiger partial charge in [-0.15, -0.1) is 0 Å². The fourth-order valence-corrected chi connectivity index (χ4v) is 3.25. The predicted octanol–water partition coefficient (Wildman–Crippen LogP) is 2.52. The van der Waals surface area contributed by atoms with Crippen molar-refractivity contribution in [2.45, 2.75) is 38.5 Å². The molecule has 0 atom stereocenters. The second-order valence-corrected chi connectivity index (χ2v) is 5.79. The molecule has 0 aromatic carbocycles. The summed E-state index contributed by atoms with van der Waals surface area (Å²) >= 11 is 5.97. The third-order valence-electron chi connectivity index (χ3n) is 4.05. The Hall–Kier alpha value is -0.870. The van der Waals surface area contributed by atoms with Crippen LogP contribution >= 0.6 is 11.6 Å². The monoisotopic (exact) mass is 280 g/mol. The molecule has 0 saturated carbocycles. The van der Waals surface area contributed by atoms with Crippen LogP contribution in [0.3, 0.4) is 0 Å². The number of aromatic nitrogens is 2. The Bertz CT molecular complexity index is 443. The number of rotatable bonds is 5. The Labute approximate surface area is 119 Å². The van der Waals surface area contributed by atoms with Crippen molar-refractivity contribution >= 4 is 17.4 Å². The van der Waals surface area contributed by atoms with Crippen molar-refractivity contribution in [1.82, 2.24) is 14.9 Å². The fourth-order valence-electron chi connectivity index (χ4n) is 3.06. The van der Waals surface area contributed by atoms with Crippen LogP contribution in [-0.4, -0.2) is 41.0 Å². The van der Waals surface area contributed by atoms with Crippen LogP contribution in [0, 0.1) is 0 Å². The molecule has 2 aliphatic rings. The zero-order valence-corrected chi connectivity index (χ0v) is 12.0. The van der Waals surface area contributed by atoms with Gasteiger partial charge in [0, 0.05) is 12.1 Å². The van der Waals surface area contributed by atoms with Crippen LogP contribution in [0.5, 0.6) is 0 Å². The topological polar surface area (TPSA) is 41.1 Å². The maximum Gasteiger partial charge on any atom is 0.224 e. The quantitative estimate of drug-likeness (QED) is 0.665. The molecule has 1 aliphatic carbocycles. The van der Waals surface area contributed by atoms with Gasteiger partial charge in [-0.1, -0.05) is 0 Å². The molecule has 5 heteroatoms. The van der Waals surface area contributed by atoms with Crippen LogP contribution in [0.2, 0.25) is 5.28 Å². The summed E-state index contributed by atoms with van der Waals surface area (Å²) in [6, 6.07) is 0. The lowest BCUT2D eigenvalue weighted by molar-refractivity contribution is 0.337. The molecule has 1 N–H and O–H groups in total. The van der Waals surface area contributed by atoms with E-state index in [4.69, 9.17) is 11.6 Å². The van der Waals surface area contributed by atoms with Crippen LogP contribution in [0.4, 0.5) is 5.82 Å². The van der Waals surface area contributed by atoms with Gasteiger partial charge in [-0.25, -0.2) is 9.97 Å². The highest BCUT2D eigenvalue weighted by Gasteiger charge is 2.18. The van der Waals surface area contributed by atoms with Crippen LogP contribution in [0.25, 0.3) is 0 Å². The molecule has 0 radical (unpaired) electrons. The van der Waals surface area contributed by atoms with Gasteiger partial charge >= 0.3 is 0 Å². The molecule has 0 spiro atoms. The number of hydrogen-bond donors (Lipinski definition) is 1. The van der Waals surface area contributed by atoms with E-state index < -0.39 is 0 Å². The molecular formula is C14H21ClN4. The first-order valence-electron chi connectivity index (χ1n) is 7.34. The Kier molecular flexibility index (Phi) is 4.18. The summed E-state index contributed by atoms with van der Waals surface area (Å²) in [6.07, 6.45) is 7.19. The average Bonchev–Trinajstić information content (AvgIpc) is 3.04. The van der Waals surface area contributed by atoms with E-state index in [9.17, 15) is 0 Å². The molecule has 19 heavy (non-hydrogen) atoms. The van der Waals surface area contributed by atoms with E-state index in [1.54, 1.807) is 0 Å². The number of hydrogen-bond acceptors (Lipinski definition) is 4. The first kappa shape index (κ1) is 13.1. The van der Waals surface area contributed by atoms with E-state index in [2.05, 4.69) is 20.2 Å². The molecule has 2 heterocycles. The summed E-state index contributed by atoms with van der Waals surface area (Å²) in [5, 5.41) is 3.83. The minimum absolute atomic E-state index is 0.377. The smallest absolute Gasteiger partial charge is 0.224 e. The zero-order chi connectivity index (χ0) is 13.1. The minimum atomic E-state index is 0.377. The third kappa shape index (κ3) is 3.18. The summed E-state index contributed by atoms with van der Waals surface area (Å²) in [4.78, 5) is 11.2. The lowest BCUT2D eigenvalue weighted by Crippen LogP contribution is -2.22. The van der Waals surface area contributed by atoms with Crippen LogP contribution in [0.15, 0.2) is 0 Å². The predicted molar refractivity (Wildman–Crippen MR) is 77.8 cm³/mol. The number of halogens is 1. The SMILES string of the molecule is Clc1nc2c(c(NCCCN3CCCC3)n1)CCC2. The van der Waals surface area contributed by atoms with E-state index in [1.165, 1.54) is 44.5 Å². The summed E-state index contributed by atoms with van der Waals surface area (Å²) in [5.41, 5.74) is 2.42. The number of likely N-dealkylation sites (tertiary alicyclic amines) is 1. The highest BCUT2D eigenvalue weighted by Crippen LogP contribution is 2.27. The molecule has 104 valence electrons. The molecule has 4 nitrogen and oxygen atoms in total. The number of anilines is 1. The van der Waals surface area contributed by atoms with Crippen molar-refractivity contribution in [3.63, 3.8) is 0 Å². The molecule has 0 amide bonds. The minimum Gasteiger partial charge on any atom is -0.370 e. The Balaban J connectivity index is 1.52. The second-order valence-electron chi connectivity index (χ2n) is 5.45. The van der Waals surface area contributed by atoms with Gasteiger partial charge in [-0.2, -0.15) is 0 Å². The summed E-state index contributed by atoms with van der Waals surface area (Å²) in [7, 11) is 0.